The highest BCUT2D eigenvalue weighted by Gasteiger charge is 2.21. The van der Waals surface area contributed by atoms with E-state index >= 15 is 0 Å². The van der Waals surface area contributed by atoms with Crippen LogP contribution in [0, 0.1) is 0 Å². The third-order valence-corrected chi connectivity index (χ3v) is 4.49. The van der Waals surface area contributed by atoms with Gasteiger partial charge in [0.05, 0.1) is 6.54 Å². The van der Waals surface area contributed by atoms with E-state index in [1.165, 1.54) is 6.92 Å². The first kappa shape index (κ1) is 19.4. The maximum atomic E-state index is 12.1. The van der Waals surface area contributed by atoms with Gasteiger partial charge in [-0.15, -0.1) is 0 Å². The van der Waals surface area contributed by atoms with Gasteiger partial charge in [-0.1, -0.05) is 0 Å². The van der Waals surface area contributed by atoms with Crippen LogP contribution in [0.4, 0.5) is 0 Å². The smallest absolute Gasteiger partial charge is 0.339 e. The summed E-state index contributed by atoms with van der Waals surface area (Å²) >= 11 is 0. The summed E-state index contributed by atoms with van der Waals surface area (Å²) in [6.45, 7) is 0.624. The second kappa shape index (κ2) is 8.12. The van der Waals surface area contributed by atoms with Crippen molar-refractivity contribution in [1.82, 2.24) is 10.6 Å². The molecule has 2 aromatic rings. The second-order valence-corrected chi connectivity index (χ2v) is 6.51. The molecule has 0 saturated carbocycles. The van der Waals surface area contributed by atoms with Crippen LogP contribution in [0.25, 0.3) is 11.0 Å². The van der Waals surface area contributed by atoms with Crippen molar-refractivity contribution in [3.63, 3.8) is 0 Å². The van der Waals surface area contributed by atoms with E-state index in [0.717, 1.165) is 35.8 Å². The van der Waals surface area contributed by atoms with Gasteiger partial charge in [0.1, 0.15) is 17.9 Å². The predicted octanol–water partition coefficient (Wildman–Crippen LogP) is 0.366. The summed E-state index contributed by atoms with van der Waals surface area (Å²) < 4.78 is 10.9. The Kier molecular flexibility index (Phi) is 5.62. The number of amides is 2. The minimum atomic E-state index is -1.18. The van der Waals surface area contributed by atoms with Crippen LogP contribution in [0.1, 0.15) is 24.5 Å². The molecule has 1 aliphatic carbocycles. The third-order valence-electron chi connectivity index (χ3n) is 4.49. The summed E-state index contributed by atoms with van der Waals surface area (Å²) in [6.07, 6.45) is 1.57. The number of carbonyl (C=O) groups is 3. The molecule has 0 radical (unpaired) electrons. The van der Waals surface area contributed by atoms with Gasteiger partial charge >= 0.3 is 11.6 Å². The van der Waals surface area contributed by atoms with Crippen molar-refractivity contribution < 1.29 is 28.6 Å². The SMILES string of the molecule is CC(Oc1ccc2c3c(c(=O)oc2c1)CCC3)C(=O)NCC(=O)NCC(=O)O. The van der Waals surface area contributed by atoms with Crippen LogP contribution in [-0.4, -0.2) is 42.1 Å². The molecule has 148 valence electrons. The van der Waals surface area contributed by atoms with Crippen molar-refractivity contribution in [2.75, 3.05) is 13.1 Å². The average Bonchev–Trinajstić information content (AvgIpc) is 3.15. The molecule has 1 heterocycles. The molecule has 0 bridgehead atoms. The molecule has 0 aliphatic heterocycles. The number of carboxylic acid groups (broad SMARTS) is 1. The van der Waals surface area contributed by atoms with E-state index in [1.807, 2.05) is 6.07 Å². The van der Waals surface area contributed by atoms with Gasteiger partial charge in [-0.25, -0.2) is 4.79 Å². The number of fused-ring (bicyclic) bond motifs is 3. The van der Waals surface area contributed by atoms with Gasteiger partial charge in [-0.05, 0) is 43.9 Å². The molecule has 1 atom stereocenters. The van der Waals surface area contributed by atoms with E-state index in [-0.39, 0.29) is 12.2 Å². The summed E-state index contributed by atoms with van der Waals surface area (Å²) in [7, 11) is 0. The molecular formula is C19H20N2O7. The molecule has 2 amide bonds. The van der Waals surface area contributed by atoms with Crippen LogP contribution in [0.15, 0.2) is 27.4 Å². The van der Waals surface area contributed by atoms with E-state index in [2.05, 4.69) is 10.6 Å². The number of nitrogens with one attached hydrogen (secondary N) is 2. The van der Waals surface area contributed by atoms with Crippen molar-refractivity contribution in [3.05, 3.63) is 39.7 Å². The second-order valence-electron chi connectivity index (χ2n) is 6.51. The van der Waals surface area contributed by atoms with E-state index in [4.69, 9.17) is 14.3 Å². The maximum Gasteiger partial charge on any atom is 0.339 e. The fourth-order valence-electron chi connectivity index (χ4n) is 3.14. The highest BCUT2D eigenvalue weighted by molar-refractivity contribution is 5.88. The first-order chi connectivity index (χ1) is 13.3. The zero-order valence-electron chi connectivity index (χ0n) is 15.2. The molecular weight excluding hydrogens is 368 g/mol. The van der Waals surface area contributed by atoms with Gasteiger partial charge in [-0.3, -0.25) is 14.4 Å². The minimum absolute atomic E-state index is 0.338. The molecule has 28 heavy (non-hydrogen) atoms. The lowest BCUT2D eigenvalue weighted by Crippen LogP contribution is -2.43. The monoisotopic (exact) mass is 388 g/mol. The van der Waals surface area contributed by atoms with Crippen LogP contribution in [0.3, 0.4) is 0 Å². The van der Waals surface area contributed by atoms with Crippen LogP contribution < -0.4 is 21.0 Å². The Labute approximate surface area is 159 Å². The molecule has 1 aliphatic rings. The topological polar surface area (TPSA) is 135 Å². The molecule has 0 saturated heterocycles. The largest absolute Gasteiger partial charge is 0.481 e. The zero-order chi connectivity index (χ0) is 20.3. The van der Waals surface area contributed by atoms with E-state index < -0.39 is 30.4 Å². The highest BCUT2D eigenvalue weighted by Crippen LogP contribution is 2.29. The molecule has 9 nitrogen and oxygen atoms in total. The summed E-state index contributed by atoms with van der Waals surface area (Å²) in [4.78, 5) is 45.9. The first-order valence-corrected chi connectivity index (χ1v) is 8.86. The number of hydrogen-bond acceptors (Lipinski definition) is 6. The molecule has 1 aromatic carbocycles. The van der Waals surface area contributed by atoms with Crippen molar-refractivity contribution in [2.45, 2.75) is 32.3 Å². The average molecular weight is 388 g/mol. The molecule has 0 fully saturated rings. The maximum absolute atomic E-state index is 12.1. The van der Waals surface area contributed by atoms with Gasteiger partial charge in [0.15, 0.2) is 6.10 Å². The Morgan fingerprint density at radius 3 is 2.68 bits per heavy atom. The Bertz CT molecular complexity index is 996. The Hall–Kier alpha value is -3.36. The van der Waals surface area contributed by atoms with E-state index in [9.17, 15) is 19.2 Å². The Balaban J connectivity index is 1.63. The van der Waals surface area contributed by atoms with E-state index in [0.29, 0.717) is 11.3 Å². The van der Waals surface area contributed by atoms with Gasteiger partial charge in [-0.2, -0.15) is 0 Å². The van der Waals surface area contributed by atoms with Crippen LogP contribution in [-0.2, 0) is 27.2 Å². The van der Waals surface area contributed by atoms with Crippen molar-refractivity contribution in [2.24, 2.45) is 0 Å². The zero-order valence-corrected chi connectivity index (χ0v) is 15.2. The van der Waals surface area contributed by atoms with Gasteiger partial charge in [0.25, 0.3) is 5.91 Å². The quantitative estimate of drug-likeness (QED) is 0.583. The number of ether oxygens (including phenoxy) is 1. The fraction of sp³-hybridized carbons (Fsp3) is 0.368. The predicted molar refractivity (Wildman–Crippen MR) is 98.3 cm³/mol. The fourth-order valence-corrected chi connectivity index (χ4v) is 3.14. The van der Waals surface area contributed by atoms with Gasteiger partial charge in [0, 0.05) is 17.0 Å². The lowest BCUT2D eigenvalue weighted by atomic mass is 10.1. The lowest BCUT2D eigenvalue weighted by Gasteiger charge is -2.15. The summed E-state index contributed by atoms with van der Waals surface area (Å²) in [5.41, 5.74) is 1.81. The number of rotatable bonds is 7. The summed E-state index contributed by atoms with van der Waals surface area (Å²) in [6, 6.07) is 5.07. The van der Waals surface area contributed by atoms with Crippen LogP contribution in [0.5, 0.6) is 5.75 Å². The number of aliphatic carboxylic acids is 1. The van der Waals surface area contributed by atoms with Crippen molar-refractivity contribution in [3.8, 4) is 5.75 Å². The number of hydrogen-bond donors (Lipinski definition) is 3. The minimum Gasteiger partial charge on any atom is -0.481 e. The normalized spacial score (nSPS) is 13.6. The lowest BCUT2D eigenvalue weighted by molar-refractivity contribution is -0.137. The summed E-state index contributed by atoms with van der Waals surface area (Å²) in [5.74, 6) is -1.98. The van der Waals surface area contributed by atoms with E-state index in [1.54, 1.807) is 12.1 Å². The number of carboxylic acids is 1. The molecule has 3 N–H and O–H groups in total. The number of aryl methyl sites for hydroxylation is 1. The molecule has 9 heteroatoms. The van der Waals surface area contributed by atoms with Crippen LogP contribution in [0.2, 0.25) is 0 Å². The molecule has 1 aromatic heterocycles. The first-order valence-electron chi connectivity index (χ1n) is 8.86. The van der Waals surface area contributed by atoms with Gasteiger partial charge < -0.3 is 24.9 Å². The third kappa shape index (κ3) is 4.30. The van der Waals surface area contributed by atoms with Crippen molar-refractivity contribution >= 4 is 28.8 Å². The van der Waals surface area contributed by atoms with Crippen LogP contribution >= 0.6 is 0 Å². The molecule has 1 unspecified atom stereocenters. The standard InChI is InChI=1S/C19H20N2O7/c1-10(18(25)21-8-16(22)20-9-17(23)24)27-11-5-6-13-12-3-2-4-14(12)19(26)28-15(13)7-11/h5-7,10H,2-4,8-9H2,1H3,(H,20,22)(H,21,25)(H,23,24). The Morgan fingerprint density at radius 2 is 1.93 bits per heavy atom. The number of carbonyl (C=O) groups excluding carboxylic acids is 2. The summed E-state index contributed by atoms with van der Waals surface area (Å²) in [5, 5.41) is 13.9. The van der Waals surface area contributed by atoms with Crippen molar-refractivity contribution in [1.29, 1.82) is 0 Å². The Morgan fingerprint density at radius 1 is 1.18 bits per heavy atom. The van der Waals surface area contributed by atoms with Gasteiger partial charge in [0.2, 0.25) is 5.91 Å². The molecule has 0 spiro atoms. The highest BCUT2D eigenvalue weighted by atomic mass is 16.5. The number of benzene rings is 1. The molecule has 3 rings (SSSR count).